The number of carbonyl (C=O) groups is 1. The fraction of sp³-hybridized carbons (Fsp3) is 0.900. The van der Waals surface area contributed by atoms with Crippen LogP contribution in [0.1, 0.15) is 26.2 Å². The summed E-state index contributed by atoms with van der Waals surface area (Å²) >= 11 is 1.85. The summed E-state index contributed by atoms with van der Waals surface area (Å²) in [6.07, 6.45) is 5.29. The lowest BCUT2D eigenvalue weighted by Crippen LogP contribution is -2.38. The summed E-state index contributed by atoms with van der Waals surface area (Å²) in [5.74, 6) is 1.48. The predicted octanol–water partition coefficient (Wildman–Crippen LogP) is 1.05. The molecule has 0 aromatic heterocycles. The molecule has 4 heteroatoms. The maximum absolute atomic E-state index is 12.0. The topological polar surface area (TPSA) is 32.3 Å². The van der Waals surface area contributed by atoms with Gasteiger partial charge in [-0.1, -0.05) is 0 Å². The minimum absolute atomic E-state index is 0.117. The van der Waals surface area contributed by atoms with Crippen molar-refractivity contribution in [1.82, 2.24) is 10.2 Å². The van der Waals surface area contributed by atoms with E-state index in [0.717, 1.165) is 31.7 Å². The van der Waals surface area contributed by atoms with E-state index in [4.69, 9.17) is 0 Å². The van der Waals surface area contributed by atoms with Gasteiger partial charge in [0.1, 0.15) is 0 Å². The van der Waals surface area contributed by atoms with Gasteiger partial charge in [0.2, 0.25) is 5.91 Å². The molecule has 1 N–H and O–H groups in total. The maximum Gasteiger partial charge on any atom is 0.244 e. The number of nitrogens with zero attached hydrogens (tertiary/aromatic N) is 1. The van der Waals surface area contributed by atoms with Gasteiger partial charge in [0.15, 0.2) is 0 Å². The van der Waals surface area contributed by atoms with Gasteiger partial charge in [-0.15, -0.1) is 0 Å². The minimum atomic E-state index is -0.117. The monoisotopic (exact) mass is 214 g/mol. The average molecular weight is 214 g/mol. The van der Waals surface area contributed by atoms with Crippen LogP contribution in [0.2, 0.25) is 0 Å². The third-order valence-corrected chi connectivity index (χ3v) is 3.92. The van der Waals surface area contributed by atoms with Crippen LogP contribution in [-0.2, 0) is 4.79 Å². The second kappa shape index (κ2) is 3.74. The van der Waals surface area contributed by atoms with Crippen LogP contribution >= 0.6 is 11.8 Å². The molecule has 3 nitrogen and oxygen atoms in total. The van der Waals surface area contributed by atoms with Gasteiger partial charge >= 0.3 is 0 Å². The van der Waals surface area contributed by atoms with Crippen molar-refractivity contribution in [3.05, 3.63) is 0 Å². The Morgan fingerprint density at radius 1 is 1.64 bits per heavy atom. The molecule has 0 aromatic carbocycles. The molecule has 1 aliphatic carbocycles. The molecule has 1 amide bonds. The number of nitrogens with one attached hydrogen (secondary N) is 1. The van der Waals surface area contributed by atoms with Gasteiger partial charge in [-0.05, 0) is 38.2 Å². The van der Waals surface area contributed by atoms with Crippen molar-refractivity contribution >= 4 is 17.7 Å². The molecule has 14 heavy (non-hydrogen) atoms. The SMILES string of the molecule is CSCCC(C)N1CNC2(CC2)C1=O. The van der Waals surface area contributed by atoms with Gasteiger partial charge in [-0.2, -0.15) is 11.8 Å². The van der Waals surface area contributed by atoms with Crippen LogP contribution in [-0.4, -0.2) is 41.1 Å². The summed E-state index contributed by atoms with van der Waals surface area (Å²) in [4.78, 5) is 14.0. The van der Waals surface area contributed by atoms with Crippen molar-refractivity contribution in [3.8, 4) is 0 Å². The molecule has 2 rings (SSSR count). The summed E-state index contributed by atoms with van der Waals surface area (Å²) in [6.45, 7) is 2.91. The van der Waals surface area contributed by atoms with Gasteiger partial charge in [-0.3, -0.25) is 10.1 Å². The predicted molar refractivity (Wildman–Crippen MR) is 59.3 cm³/mol. The van der Waals surface area contributed by atoms with Crippen molar-refractivity contribution in [2.45, 2.75) is 37.8 Å². The number of amides is 1. The minimum Gasteiger partial charge on any atom is -0.326 e. The van der Waals surface area contributed by atoms with E-state index in [1.165, 1.54) is 0 Å². The van der Waals surface area contributed by atoms with Gasteiger partial charge in [0.05, 0.1) is 12.2 Å². The Labute approximate surface area is 89.6 Å². The van der Waals surface area contributed by atoms with E-state index >= 15 is 0 Å². The first kappa shape index (κ1) is 10.3. The van der Waals surface area contributed by atoms with Crippen LogP contribution in [0, 0.1) is 0 Å². The zero-order valence-electron chi connectivity index (χ0n) is 8.88. The smallest absolute Gasteiger partial charge is 0.244 e. The van der Waals surface area contributed by atoms with E-state index in [9.17, 15) is 4.79 Å². The highest BCUT2D eigenvalue weighted by atomic mass is 32.2. The highest BCUT2D eigenvalue weighted by Crippen LogP contribution is 2.40. The lowest BCUT2D eigenvalue weighted by molar-refractivity contribution is -0.131. The molecule has 1 unspecified atom stereocenters. The van der Waals surface area contributed by atoms with Crippen molar-refractivity contribution in [1.29, 1.82) is 0 Å². The molecular formula is C10H18N2OS. The quantitative estimate of drug-likeness (QED) is 0.759. The average Bonchev–Trinajstić information content (AvgIpc) is 2.88. The molecule has 1 spiro atoms. The van der Waals surface area contributed by atoms with E-state index < -0.39 is 0 Å². The van der Waals surface area contributed by atoms with Crippen molar-refractivity contribution in [2.24, 2.45) is 0 Å². The van der Waals surface area contributed by atoms with Crippen LogP contribution in [0.4, 0.5) is 0 Å². The molecule has 1 saturated carbocycles. The summed E-state index contributed by atoms with van der Waals surface area (Å²) in [6, 6.07) is 0.391. The Hall–Kier alpha value is -0.220. The van der Waals surface area contributed by atoms with Crippen molar-refractivity contribution < 1.29 is 4.79 Å². The molecule has 2 fully saturated rings. The molecule has 1 aliphatic heterocycles. The van der Waals surface area contributed by atoms with Gasteiger partial charge in [0.25, 0.3) is 0 Å². The molecule has 80 valence electrons. The van der Waals surface area contributed by atoms with E-state index in [1.807, 2.05) is 16.7 Å². The third-order valence-electron chi connectivity index (χ3n) is 3.28. The molecule has 0 radical (unpaired) electrons. The fourth-order valence-corrected chi connectivity index (χ4v) is 2.55. The van der Waals surface area contributed by atoms with Gasteiger partial charge < -0.3 is 4.90 Å². The zero-order chi connectivity index (χ0) is 10.2. The van der Waals surface area contributed by atoms with Crippen molar-refractivity contribution in [3.63, 3.8) is 0 Å². The Balaban J connectivity index is 1.89. The zero-order valence-corrected chi connectivity index (χ0v) is 9.69. The van der Waals surface area contributed by atoms with E-state index in [-0.39, 0.29) is 5.54 Å². The second-order valence-electron chi connectivity index (χ2n) is 4.32. The third kappa shape index (κ3) is 1.65. The standard InChI is InChI=1S/C10H18N2OS/c1-8(3-6-14-2)12-7-11-10(4-5-10)9(12)13/h8,11H,3-7H2,1-2H3. The van der Waals surface area contributed by atoms with Crippen LogP contribution in [0.5, 0.6) is 0 Å². The fourth-order valence-electron chi connectivity index (χ4n) is 1.97. The van der Waals surface area contributed by atoms with E-state index in [1.54, 1.807) is 0 Å². The highest BCUT2D eigenvalue weighted by molar-refractivity contribution is 7.98. The van der Waals surface area contributed by atoms with Gasteiger partial charge in [-0.25, -0.2) is 0 Å². The number of hydrogen-bond donors (Lipinski definition) is 1. The highest BCUT2D eigenvalue weighted by Gasteiger charge is 2.56. The lowest BCUT2D eigenvalue weighted by atomic mass is 10.2. The summed E-state index contributed by atoms with van der Waals surface area (Å²) in [5, 5.41) is 3.33. The second-order valence-corrected chi connectivity index (χ2v) is 5.31. The number of carbonyl (C=O) groups excluding carboxylic acids is 1. The molecule has 1 saturated heterocycles. The van der Waals surface area contributed by atoms with Crippen LogP contribution in [0.15, 0.2) is 0 Å². The number of hydrogen-bond acceptors (Lipinski definition) is 3. The molecule has 1 heterocycles. The normalized spacial score (nSPS) is 25.9. The summed E-state index contributed by atoms with van der Waals surface area (Å²) < 4.78 is 0. The van der Waals surface area contributed by atoms with Crippen LogP contribution in [0.3, 0.4) is 0 Å². The Morgan fingerprint density at radius 3 is 2.86 bits per heavy atom. The Bertz CT molecular complexity index is 240. The Kier molecular flexibility index (Phi) is 2.75. The van der Waals surface area contributed by atoms with Gasteiger partial charge in [0, 0.05) is 6.04 Å². The summed E-state index contributed by atoms with van der Waals surface area (Å²) in [5.41, 5.74) is -0.117. The largest absolute Gasteiger partial charge is 0.326 e. The first-order valence-corrected chi connectivity index (χ1v) is 6.64. The Morgan fingerprint density at radius 2 is 2.36 bits per heavy atom. The summed E-state index contributed by atoms with van der Waals surface area (Å²) in [7, 11) is 0. The molecule has 2 aliphatic rings. The number of rotatable bonds is 4. The van der Waals surface area contributed by atoms with Crippen LogP contribution in [0.25, 0.3) is 0 Å². The molecular weight excluding hydrogens is 196 g/mol. The first-order valence-electron chi connectivity index (χ1n) is 5.25. The maximum atomic E-state index is 12.0. The van der Waals surface area contributed by atoms with E-state index in [2.05, 4.69) is 18.5 Å². The molecule has 1 atom stereocenters. The first-order chi connectivity index (χ1) is 6.69. The van der Waals surface area contributed by atoms with Crippen molar-refractivity contribution in [2.75, 3.05) is 18.7 Å². The van der Waals surface area contributed by atoms with Crippen LogP contribution < -0.4 is 5.32 Å². The molecule has 0 bridgehead atoms. The molecule has 0 aromatic rings. The van der Waals surface area contributed by atoms with E-state index in [0.29, 0.717) is 11.9 Å². The lowest BCUT2D eigenvalue weighted by Gasteiger charge is -2.23. The number of thioether (sulfide) groups is 1.